The van der Waals surface area contributed by atoms with Crippen molar-refractivity contribution in [3.8, 4) is 5.75 Å². The summed E-state index contributed by atoms with van der Waals surface area (Å²) >= 11 is 0. The van der Waals surface area contributed by atoms with Gasteiger partial charge in [0.2, 0.25) is 10.0 Å². The molecule has 2 fully saturated rings. The summed E-state index contributed by atoms with van der Waals surface area (Å²) in [4.78, 5) is 23.8. The lowest BCUT2D eigenvalue weighted by molar-refractivity contribution is -0.136. The number of nitrogens with zero attached hydrogens (tertiary/aromatic N) is 1. The molecule has 1 aliphatic heterocycles. The zero-order valence-electron chi connectivity index (χ0n) is 14.7. The highest BCUT2D eigenvalue weighted by Gasteiger charge is 2.28. The second-order valence-electron chi connectivity index (χ2n) is 6.59. The average Bonchev–Trinajstić information content (AvgIpc) is 3.44. The first-order valence-electron chi connectivity index (χ1n) is 8.68. The monoisotopic (exact) mass is 381 g/mol. The van der Waals surface area contributed by atoms with Crippen LogP contribution in [0.3, 0.4) is 0 Å². The maximum Gasteiger partial charge on any atom is 0.313 e. The molecule has 0 atom stereocenters. The Kier molecular flexibility index (Phi) is 5.36. The Morgan fingerprint density at radius 2 is 2.00 bits per heavy atom. The normalized spacial score (nSPS) is 18.9. The molecule has 1 aromatic rings. The number of hydrogen-bond donors (Lipinski definition) is 2. The summed E-state index contributed by atoms with van der Waals surface area (Å²) in [7, 11) is -1.93. The molecule has 142 valence electrons. The lowest BCUT2D eigenvalue weighted by atomic mass is 10.2. The predicted molar refractivity (Wildman–Crippen MR) is 97.7 cm³/mol. The summed E-state index contributed by atoms with van der Waals surface area (Å²) in [6.45, 7) is 0.912. The number of anilines is 2. The van der Waals surface area contributed by atoms with Crippen molar-refractivity contribution in [3.63, 3.8) is 0 Å². The van der Waals surface area contributed by atoms with Gasteiger partial charge in [-0.15, -0.1) is 0 Å². The average molecular weight is 381 g/mol. The SMILES string of the molecule is COc1cc(NC(=O)C(=O)NCC2CC2)ccc1N1CCCCS1(=O)=O. The lowest BCUT2D eigenvalue weighted by Gasteiger charge is -2.29. The molecule has 1 saturated carbocycles. The Labute approximate surface area is 152 Å². The lowest BCUT2D eigenvalue weighted by Crippen LogP contribution is -2.38. The van der Waals surface area contributed by atoms with Crippen LogP contribution in [0, 0.1) is 5.92 Å². The Balaban J connectivity index is 1.71. The number of carbonyl (C=O) groups is 2. The molecule has 8 nitrogen and oxygen atoms in total. The summed E-state index contributed by atoms with van der Waals surface area (Å²) < 4.78 is 31.2. The minimum Gasteiger partial charge on any atom is -0.494 e. The maximum absolute atomic E-state index is 12.3. The van der Waals surface area contributed by atoms with E-state index >= 15 is 0 Å². The summed E-state index contributed by atoms with van der Waals surface area (Å²) in [5.74, 6) is -0.524. The Morgan fingerprint density at radius 1 is 1.23 bits per heavy atom. The molecule has 26 heavy (non-hydrogen) atoms. The van der Waals surface area contributed by atoms with E-state index in [0.717, 1.165) is 19.3 Å². The van der Waals surface area contributed by atoms with Gasteiger partial charge in [0.15, 0.2) is 0 Å². The van der Waals surface area contributed by atoms with Gasteiger partial charge in [0.05, 0.1) is 18.6 Å². The van der Waals surface area contributed by atoms with Crippen LogP contribution in [-0.4, -0.2) is 46.2 Å². The van der Waals surface area contributed by atoms with Gasteiger partial charge in [-0.25, -0.2) is 8.42 Å². The molecule has 3 rings (SSSR count). The van der Waals surface area contributed by atoms with Crippen LogP contribution in [0.1, 0.15) is 25.7 Å². The molecule has 2 N–H and O–H groups in total. The van der Waals surface area contributed by atoms with Gasteiger partial charge in [0.25, 0.3) is 0 Å². The molecular weight excluding hydrogens is 358 g/mol. The fourth-order valence-corrected chi connectivity index (χ4v) is 4.50. The van der Waals surface area contributed by atoms with Gasteiger partial charge in [0, 0.05) is 24.8 Å². The first-order valence-corrected chi connectivity index (χ1v) is 10.3. The minimum absolute atomic E-state index is 0.107. The van der Waals surface area contributed by atoms with E-state index in [1.54, 1.807) is 12.1 Å². The van der Waals surface area contributed by atoms with Gasteiger partial charge in [0.1, 0.15) is 5.75 Å². The quantitative estimate of drug-likeness (QED) is 0.743. The second kappa shape index (κ2) is 7.53. The summed E-state index contributed by atoms with van der Waals surface area (Å²) in [5.41, 5.74) is 0.801. The van der Waals surface area contributed by atoms with E-state index in [1.807, 2.05) is 0 Å². The highest BCUT2D eigenvalue weighted by molar-refractivity contribution is 7.92. The van der Waals surface area contributed by atoms with Crippen molar-refractivity contribution < 1.29 is 22.7 Å². The number of methoxy groups -OCH3 is 1. The zero-order valence-corrected chi connectivity index (χ0v) is 15.5. The van der Waals surface area contributed by atoms with Crippen LogP contribution in [0.5, 0.6) is 5.75 Å². The molecule has 1 aromatic carbocycles. The summed E-state index contributed by atoms with van der Waals surface area (Å²) in [6.07, 6.45) is 3.59. The van der Waals surface area contributed by atoms with Gasteiger partial charge in [-0.3, -0.25) is 13.9 Å². The van der Waals surface area contributed by atoms with Crippen molar-refractivity contribution in [1.29, 1.82) is 0 Å². The number of amides is 2. The molecule has 9 heteroatoms. The number of sulfonamides is 1. The fraction of sp³-hybridized carbons (Fsp3) is 0.529. The van der Waals surface area contributed by atoms with Crippen molar-refractivity contribution in [1.82, 2.24) is 5.32 Å². The number of ether oxygens (including phenoxy) is 1. The van der Waals surface area contributed by atoms with Crippen LogP contribution in [0.4, 0.5) is 11.4 Å². The van der Waals surface area contributed by atoms with E-state index in [-0.39, 0.29) is 5.75 Å². The highest BCUT2D eigenvalue weighted by atomic mass is 32.2. The van der Waals surface area contributed by atoms with E-state index in [2.05, 4.69) is 10.6 Å². The van der Waals surface area contributed by atoms with Gasteiger partial charge >= 0.3 is 11.8 Å². The zero-order chi connectivity index (χ0) is 18.7. The van der Waals surface area contributed by atoms with Crippen molar-refractivity contribution >= 4 is 33.2 Å². The topological polar surface area (TPSA) is 105 Å². The molecule has 0 unspecified atom stereocenters. The van der Waals surface area contributed by atoms with Gasteiger partial charge < -0.3 is 15.4 Å². The van der Waals surface area contributed by atoms with Crippen molar-refractivity contribution in [2.45, 2.75) is 25.7 Å². The molecule has 2 aliphatic rings. The Bertz CT molecular complexity index is 805. The van der Waals surface area contributed by atoms with Crippen molar-refractivity contribution in [2.75, 3.05) is 35.6 Å². The smallest absolute Gasteiger partial charge is 0.313 e. The molecule has 2 amide bonds. The van der Waals surface area contributed by atoms with Crippen LogP contribution in [0.2, 0.25) is 0 Å². The number of nitrogens with one attached hydrogen (secondary N) is 2. The third kappa shape index (κ3) is 4.27. The van der Waals surface area contributed by atoms with Gasteiger partial charge in [-0.1, -0.05) is 0 Å². The van der Waals surface area contributed by atoms with Crippen LogP contribution in [0.25, 0.3) is 0 Å². The van der Waals surface area contributed by atoms with Crippen LogP contribution >= 0.6 is 0 Å². The third-order valence-corrected chi connectivity index (χ3v) is 6.37. The van der Waals surface area contributed by atoms with Crippen molar-refractivity contribution in [2.24, 2.45) is 5.92 Å². The first kappa shape index (κ1) is 18.5. The number of carbonyl (C=O) groups excluding carboxylic acids is 2. The molecule has 1 aliphatic carbocycles. The maximum atomic E-state index is 12.3. The van der Waals surface area contributed by atoms with E-state index in [0.29, 0.717) is 42.6 Å². The number of benzene rings is 1. The largest absolute Gasteiger partial charge is 0.494 e. The molecule has 0 radical (unpaired) electrons. The van der Waals surface area contributed by atoms with Gasteiger partial charge in [-0.05, 0) is 43.7 Å². The molecule has 0 bridgehead atoms. The van der Waals surface area contributed by atoms with Crippen molar-refractivity contribution in [3.05, 3.63) is 18.2 Å². The summed E-state index contributed by atoms with van der Waals surface area (Å²) in [6, 6.07) is 4.67. The standard InChI is InChI=1S/C17H23N3O5S/c1-25-15-10-13(19-17(22)16(21)18-11-12-4-5-12)6-7-14(15)20-8-2-3-9-26(20,23)24/h6-7,10,12H,2-5,8-9,11H2,1H3,(H,18,21)(H,19,22). The predicted octanol–water partition coefficient (Wildman–Crippen LogP) is 1.09. The van der Waals surface area contributed by atoms with E-state index in [4.69, 9.17) is 4.74 Å². The third-order valence-electron chi connectivity index (χ3n) is 4.51. The van der Waals surface area contributed by atoms with E-state index in [9.17, 15) is 18.0 Å². The first-order chi connectivity index (χ1) is 12.4. The number of rotatable bonds is 5. The molecular formula is C17H23N3O5S. The molecule has 0 spiro atoms. The van der Waals surface area contributed by atoms with Crippen LogP contribution in [0.15, 0.2) is 18.2 Å². The summed E-state index contributed by atoms with van der Waals surface area (Å²) in [5, 5.41) is 5.11. The van der Waals surface area contributed by atoms with Gasteiger partial charge in [-0.2, -0.15) is 0 Å². The second-order valence-corrected chi connectivity index (χ2v) is 8.60. The van der Waals surface area contributed by atoms with E-state index < -0.39 is 21.8 Å². The Morgan fingerprint density at radius 3 is 2.65 bits per heavy atom. The van der Waals surface area contributed by atoms with Crippen LogP contribution in [-0.2, 0) is 19.6 Å². The molecule has 1 saturated heterocycles. The van der Waals surface area contributed by atoms with Crippen LogP contribution < -0.4 is 19.7 Å². The Hall–Kier alpha value is -2.29. The molecule has 1 heterocycles. The highest BCUT2D eigenvalue weighted by Crippen LogP contribution is 2.34. The van der Waals surface area contributed by atoms with E-state index in [1.165, 1.54) is 17.5 Å². The molecule has 0 aromatic heterocycles. The number of hydrogen-bond acceptors (Lipinski definition) is 5. The fourth-order valence-electron chi connectivity index (χ4n) is 2.85. The minimum atomic E-state index is -3.37.